The zero-order chi connectivity index (χ0) is 12.3. The van der Waals surface area contributed by atoms with Gasteiger partial charge >= 0.3 is 0 Å². The Morgan fingerprint density at radius 3 is 2.83 bits per heavy atom. The van der Waals surface area contributed by atoms with Crippen LogP contribution in [0.1, 0.15) is 32.6 Å². The minimum absolute atomic E-state index is 0. The summed E-state index contributed by atoms with van der Waals surface area (Å²) in [4.78, 5) is 14.4. The Hall–Kier alpha value is -0.320. The number of piperidine rings is 1. The van der Waals surface area contributed by atoms with Gasteiger partial charge in [0.15, 0.2) is 0 Å². The van der Waals surface area contributed by atoms with E-state index in [0.717, 1.165) is 38.8 Å². The van der Waals surface area contributed by atoms with Crippen LogP contribution in [0.5, 0.6) is 0 Å². The van der Waals surface area contributed by atoms with Crippen molar-refractivity contribution in [3.8, 4) is 0 Å². The molecular formula is C13H25ClN2O2. The Morgan fingerprint density at radius 2 is 2.22 bits per heavy atom. The van der Waals surface area contributed by atoms with E-state index >= 15 is 0 Å². The SMILES string of the molecule is CC1CCN(C(=O)C2CCCOC2)C(CN)C1.Cl. The van der Waals surface area contributed by atoms with Crippen molar-refractivity contribution in [2.75, 3.05) is 26.3 Å². The summed E-state index contributed by atoms with van der Waals surface area (Å²) in [5.74, 6) is 1.04. The molecule has 0 aromatic heterocycles. The lowest BCUT2D eigenvalue weighted by atomic mass is 9.90. The molecule has 2 aliphatic rings. The van der Waals surface area contributed by atoms with Crippen LogP contribution in [0.4, 0.5) is 0 Å². The van der Waals surface area contributed by atoms with E-state index in [1.54, 1.807) is 0 Å². The molecule has 0 saturated carbocycles. The fourth-order valence-corrected chi connectivity index (χ4v) is 2.94. The number of amides is 1. The van der Waals surface area contributed by atoms with E-state index in [1.165, 1.54) is 0 Å². The highest BCUT2D eigenvalue weighted by Gasteiger charge is 2.33. The average molecular weight is 277 g/mol. The average Bonchev–Trinajstić information content (AvgIpc) is 2.39. The molecule has 0 spiro atoms. The second-order valence-corrected chi connectivity index (χ2v) is 5.46. The van der Waals surface area contributed by atoms with Crippen molar-refractivity contribution in [1.82, 2.24) is 4.90 Å². The molecule has 3 atom stereocenters. The number of nitrogens with two attached hydrogens (primary N) is 1. The molecule has 18 heavy (non-hydrogen) atoms. The monoisotopic (exact) mass is 276 g/mol. The van der Waals surface area contributed by atoms with Crippen LogP contribution in [0.15, 0.2) is 0 Å². The van der Waals surface area contributed by atoms with Gasteiger partial charge in [-0.3, -0.25) is 4.79 Å². The molecule has 0 aromatic carbocycles. The first-order chi connectivity index (χ1) is 8.22. The quantitative estimate of drug-likeness (QED) is 0.830. The summed E-state index contributed by atoms with van der Waals surface area (Å²) in [7, 11) is 0. The molecule has 0 radical (unpaired) electrons. The first kappa shape index (κ1) is 15.7. The molecule has 2 rings (SSSR count). The third-order valence-electron chi connectivity index (χ3n) is 4.04. The molecule has 1 amide bonds. The highest BCUT2D eigenvalue weighted by molar-refractivity contribution is 5.85. The molecule has 5 heteroatoms. The maximum absolute atomic E-state index is 12.4. The molecule has 2 fully saturated rings. The second-order valence-electron chi connectivity index (χ2n) is 5.46. The lowest BCUT2D eigenvalue weighted by Gasteiger charge is -2.40. The van der Waals surface area contributed by atoms with Gasteiger partial charge in [-0.15, -0.1) is 12.4 Å². The number of carbonyl (C=O) groups is 1. The molecule has 3 unspecified atom stereocenters. The van der Waals surface area contributed by atoms with Gasteiger partial charge in [0.25, 0.3) is 0 Å². The maximum atomic E-state index is 12.4. The zero-order valence-corrected chi connectivity index (χ0v) is 12.0. The Bertz CT molecular complexity index is 270. The van der Waals surface area contributed by atoms with Crippen LogP contribution in [0.2, 0.25) is 0 Å². The van der Waals surface area contributed by atoms with E-state index in [1.807, 2.05) is 4.90 Å². The van der Waals surface area contributed by atoms with E-state index in [9.17, 15) is 4.79 Å². The van der Waals surface area contributed by atoms with E-state index in [-0.39, 0.29) is 30.3 Å². The Kier molecular flexibility index (Phi) is 6.39. The Balaban J connectivity index is 0.00000162. The topological polar surface area (TPSA) is 55.6 Å². The fraction of sp³-hybridized carbons (Fsp3) is 0.923. The van der Waals surface area contributed by atoms with Gasteiger partial charge in [0.05, 0.1) is 12.5 Å². The number of likely N-dealkylation sites (tertiary alicyclic amines) is 1. The van der Waals surface area contributed by atoms with Crippen LogP contribution in [-0.2, 0) is 9.53 Å². The fourth-order valence-electron chi connectivity index (χ4n) is 2.94. The third-order valence-corrected chi connectivity index (χ3v) is 4.04. The summed E-state index contributed by atoms with van der Waals surface area (Å²) in [6.45, 7) is 5.11. The zero-order valence-electron chi connectivity index (χ0n) is 11.1. The lowest BCUT2D eigenvalue weighted by molar-refractivity contribution is -0.143. The van der Waals surface area contributed by atoms with Crippen molar-refractivity contribution < 1.29 is 9.53 Å². The first-order valence-electron chi connectivity index (χ1n) is 6.80. The standard InChI is InChI=1S/C13H24N2O2.ClH/c1-10-4-5-15(12(7-10)8-14)13(16)11-3-2-6-17-9-11;/h10-12H,2-9,14H2,1H3;1H. The highest BCUT2D eigenvalue weighted by Crippen LogP contribution is 2.25. The molecule has 106 valence electrons. The number of halogens is 1. The molecule has 2 heterocycles. The first-order valence-corrected chi connectivity index (χ1v) is 6.80. The number of rotatable bonds is 2. The maximum Gasteiger partial charge on any atom is 0.228 e. The van der Waals surface area contributed by atoms with Crippen LogP contribution >= 0.6 is 12.4 Å². The number of hydrogen-bond acceptors (Lipinski definition) is 3. The molecule has 2 saturated heterocycles. The Labute approximate surface area is 116 Å². The van der Waals surface area contributed by atoms with Crippen molar-refractivity contribution in [3.63, 3.8) is 0 Å². The summed E-state index contributed by atoms with van der Waals surface area (Å²) < 4.78 is 5.41. The molecule has 2 N–H and O–H groups in total. The second kappa shape index (κ2) is 7.31. The number of hydrogen-bond donors (Lipinski definition) is 1. The minimum atomic E-state index is 0. The molecule has 0 aromatic rings. The molecule has 2 aliphatic heterocycles. The minimum Gasteiger partial charge on any atom is -0.381 e. The Morgan fingerprint density at radius 1 is 1.44 bits per heavy atom. The number of nitrogens with zero attached hydrogens (tertiary/aromatic N) is 1. The smallest absolute Gasteiger partial charge is 0.228 e. The normalized spacial score (nSPS) is 32.8. The van der Waals surface area contributed by atoms with Gasteiger partial charge in [0.2, 0.25) is 5.91 Å². The van der Waals surface area contributed by atoms with E-state index in [2.05, 4.69) is 6.92 Å². The predicted molar refractivity (Wildman–Crippen MR) is 73.7 cm³/mol. The van der Waals surface area contributed by atoms with Gasteiger partial charge in [0.1, 0.15) is 0 Å². The van der Waals surface area contributed by atoms with Crippen LogP contribution < -0.4 is 5.73 Å². The van der Waals surface area contributed by atoms with Crippen molar-refractivity contribution in [3.05, 3.63) is 0 Å². The molecule has 0 aliphatic carbocycles. The van der Waals surface area contributed by atoms with Crippen molar-refractivity contribution >= 4 is 18.3 Å². The molecule has 0 bridgehead atoms. The summed E-state index contributed by atoms with van der Waals surface area (Å²) in [6, 6.07) is 0.244. The summed E-state index contributed by atoms with van der Waals surface area (Å²) in [6.07, 6.45) is 4.14. The van der Waals surface area contributed by atoms with Crippen LogP contribution in [0.25, 0.3) is 0 Å². The molecular weight excluding hydrogens is 252 g/mol. The van der Waals surface area contributed by atoms with E-state index < -0.39 is 0 Å². The van der Waals surface area contributed by atoms with Crippen molar-refractivity contribution in [2.24, 2.45) is 17.6 Å². The van der Waals surface area contributed by atoms with Gasteiger partial charge in [-0.25, -0.2) is 0 Å². The van der Waals surface area contributed by atoms with Crippen LogP contribution in [0.3, 0.4) is 0 Å². The third kappa shape index (κ3) is 3.59. The van der Waals surface area contributed by atoms with Crippen molar-refractivity contribution in [2.45, 2.75) is 38.6 Å². The van der Waals surface area contributed by atoms with E-state index in [0.29, 0.717) is 19.1 Å². The molecule has 4 nitrogen and oxygen atoms in total. The largest absolute Gasteiger partial charge is 0.381 e. The number of ether oxygens (including phenoxy) is 1. The summed E-state index contributed by atoms with van der Waals surface area (Å²) in [5.41, 5.74) is 5.80. The van der Waals surface area contributed by atoms with Crippen LogP contribution in [-0.4, -0.2) is 43.2 Å². The van der Waals surface area contributed by atoms with Crippen LogP contribution in [0, 0.1) is 11.8 Å². The van der Waals surface area contributed by atoms with Gasteiger partial charge in [-0.05, 0) is 31.6 Å². The van der Waals surface area contributed by atoms with E-state index in [4.69, 9.17) is 10.5 Å². The summed E-state index contributed by atoms with van der Waals surface area (Å²) >= 11 is 0. The summed E-state index contributed by atoms with van der Waals surface area (Å²) in [5, 5.41) is 0. The van der Waals surface area contributed by atoms with Gasteiger partial charge in [-0.1, -0.05) is 6.92 Å². The number of carbonyl (C=O) groups excluding carboxylic acids is 1. The van der Waals surface area contributed by atoms with Crippen molar-refractivity contribution in [1.29, 1.82) is 0 Å². The highest BCUT2D eigenvalue weighted by atomic mass is 35.5. The van der Waals surface area contributed by atoms with Gasteiger partial charge < -0.3 is 15.4 Å². The predicted octanol–water partition coefficient (Wildman–Crippen LogP) is 1.42. The lowest BCUT2D eigenvalue weighted by Crippen LogP contribution is -2.52. The van der Waals surface area contributed by atoms with Gasteiger partial charge in [0, 0.05) is 25.7 Å². The van der Waals surface area contributed by atoms with Gasteiger partial charge in [-0.2, -0.15) is 0 Å².